The molecule has 1 N–H and O–H groups in total. The highest BCUT2D eigenvalue weighted by Gasteiger charge is 2.19. The van der Waals surface area contributed by atoms with Crippen LogP contribution in [0.1, 0.15) is 51.0 Å². The van der Waals surface area contributed by atoms with Crippen LogP contribution in [0.4, 0.5) is 0 Å². The minimum absolute atomic E-state index is 0.121. The van der Waals surface area contributed by atoms with E-state index in [9.17, 15) is 9.90 Å². The number of aromatic nitrogens is 1. The monoisotopic (exact) mass is 625 g/mol. The summed E-state index contributed by atoms with van der Waals surface area (Å²) in [7, 11) is 0. The molecule has 1 aromatic heterocycles. The molecule has 0 radical (unpaired) electrons. The van der Waals surface area contributed by atoms with Crippen molar-refractivity contribution in [2.75, 3.05) is 26.2 Å². The molecule has 5 rings (SSSR count). The summed E-state index contributed by atoms with van der Waals surface area (Å²) < 4.78 is 18.3. The van der Waals surface area contributed by atoms with Crippen molar-refractivity contribution in [3.8, 4) is 34.4 Å². The number of rotatable bonds is 13. The van der Waals surface area contributed by atoms with Crippen LogP contribution in [0.2, 0.25) is 5.02 Å². The third kappa shape index (κ3) is 8.00. The second-order valence-corrected chi connectivity index (χ2v) is 11.6. The van der Waals surface area contributed by atoms with E-state index in [0.29, 0.717) is 46.1 Å². The highest BCUT2D eigenvalue weighted by molar-refractivity contribution is 6.32. The van der Waals surface area contributed by atoms with Gasteiger partial charge in [0, 0.05) is 43.7 Å². The van der Waals surface area contributed by atoms with Crippen molar-refractivity contribution in [1.29, 1.82) is 5.26 Å². The SMILES string of the molecule is Cc1c(COc2cc(OCc3cncc(C#N)c3)c(C=O)cc2Cl)cccc1-c1cccc(OCCCN2CCC(O)C2)c1C. The minimum atomic E-state index is -0.205. The van der Waals surface area contributed by atoms with Gasteiger partial charge in [-0.3, -0.25) is 9.78 Å². The summed E-state index contributed by atoms with van der Waals surface area (Å²) in [6.07, 6.45) is 5.31. The van der Waals surface area contributed by atoms with E-state index in [1.807, 2.05) is 24.3 Å². The lowest BCUT2D eigenvalue weighted by atomic mass is 9.93. The van der Waals surface area contributed by atoms with Crippen LogP contribution in [0.3, 0.4) is 0 Å². The van der Waals surface area contributed by atoms with Gasteiger partial charge in [0.05, 0.1) is 28.9 Å². The van der Waals surface area contributed by atoms with Crippen molar-refractivity contribution < 1.29 is 24.1 Å². The van der Waals surface area contributed by atoms with Gasteiger partial charge in [0.25, 0.3) is 0 Å². The number of ether oxygens (including phenoxy) is 3. The van der Waals surface area contributed by atoms with Gasteiger partial charge in [0.15, 0.2) is 6.29 Å². The molecule has 1 unspecified atom stereocenters. The van der Waals surface area contributed by atoms with E-state index >= 15 is 0 Å². The van der Waals surface area contributed by atoms with Crippen LogP contribution in [0.15, 0.2) is 67.0 Å². The highest BCUT2D eigenvalue weighted by atomic mass is 35.5. The third-order valence-electron chi connectivity index (χ3n) is 8.04. The Morgan fingerprint density at radius 2 is 1.78 bits per heavy atom. The Kier molecular flexibility index (Phi) is 10.7. The number of aldehydes is 1. The maximum absolute atomic E-state index is 11.7. The van der Waals surface area contributed by atoms with Crippen LogP contribution < -0.4 is 14.2 Å². The standard InChI is InChI=1S/C36H36ClN3O5/c1-24-28(23-45-36-16-35(29(21-41)15-33(36)37)44-22-27-14-26(17-38)18-39-19-27)6-3-7-31(24)32-8-4-9-34(25(32)2)43-13-5-11-40-12-10-30(42)20-40/h3-4,6-9,14-16,18-19,21,30,42H,5,10-13,20,22-23H2,1-2H3. The number of carbonyl (C=O) groups is 1. The van der Waals surface area contributed by atoms with Crippen LogP contribution in [0, 0.1) is 25.2 Å². The molecule has 0 bridgehead atoms. The molecule has 232 valence electrons. The number of benzene rings is 3. The molecule has 1 aliphatic rings. The fourth-order valence-electron chi connectivity index (χ4n) is 5.50. The lowest BCUT2D eigenvalue weighted by Gasteiger charge is -2.18. The molecule has 8 nitrogen and oxygen atoms in total. The number of aliphatic hydroxyl groups excluding tert-OH is 1. The number of likely N-dealkylation sites (tertiary alicyclic amines) is 1. The number of β-amino-alcohol motifs (C(OH)–C–C–N with tert-alkyl or cyclic N) is 1. The van der Waals surface area contributed by atoms with Gasteiger partial charge in [-0.15, -0.1) is 0 Å². The Labute approximate surface area is 268 Å². The predicted octanol–water partition coefficient (Wildman–Crippen LogP) is 6.70. The smallest absolute Gasteiger partial charge is 0.153 e. The molecule has 9 heteroatoms. The normalized spacial score (nSPS) is 14.6. The van der Waals surface area contributed by atoms with E-state index in [1.54, 1.807) is 18.3 Å². The molecule has 0 aliphatic carbocycles. The molecule has 1 fully saturated rings. The zero-order valence-electron chi connectivity index (χ0n) is 25.5. The van der Waals surface area contributed by atoms with Crippen molar-refractivity contribution in [2.24, 2.45) is 0 Å². The number of nitriles is 1. The van der Waals surface area contributed by atoms with Gasteiger partial charge in [-0.25, -0.2) is 0 Å². The molecule has 1 saturated heterocycles. The zero-order valence-corrected chi connectivity index (χ0v) is 26.2. The Morgan fingerprint density at radius 3 is 2.53 bits per heavy atom. The molecule has 1 atom stereocenters. The second-order valence-electron chi connectivity index (χ2n) is 11.2. The summed E-state index contributed by atoms with van der Waals surface area (Å²) in [4.78, 5) is 18.1. The fourth-order valence-corrected chi connectivity index (χ4v) is 5.73. The van der Waals surface area contributed by atoms with E-state index in [1.165, 1.54) is 12.3 Å². The number of aliphatic hydroxyl groups is 1. The molecule has 3 aromatic carbocycles. The van der Waals surface area contributed by atoms with Gasteiger partial charge in [-0.2, -0.15) is 5.26 Å². The largest absolute Gasteiger partial charge is 0.493 e. The average Bonchev–Trinajstić information content (AvgIpc) is 3.47. The quantitative estimate of drug-likeness (QED) is 0.129. The number of carbonyl (C=O) groups excluding carboxylic acids is 1. The van der Waals surface area contributed by atoms with Crippen molar-refractivity contribution >= 4 is 17.9 Å². The van der Waals surface area contributed by atoms with Crippen molar-refractivity contribution in [2.45, 2.75) is 46.0 Å². The van der Waals surface area contributed by atoms with E-state index in [4.69, 9.17) is 31.1 Å². The first-order chi connectivity index (χ1) is 21.9. The minimum Gasteiger partial charge on any atom is -0.493 e. The summed E-state index contributed by atoms with van der Waals surface area (Å²) in [5.41, 5.74) is 6.73. The summed E-state index contributed by atoms with van der Waals surface area (Å²) in [6.45, 7) is 7.74. The molecular formula is C36H36ClN3O5. The number of hydrogen-bond acceptors (Lipinski definition) is 8. The van der Waals surface area contributed by atoms with Crippen LogP contribution in [-0.4, -0.2) is 53.6 Å². The van der Waals surface area contributed by atoms with Crippen LogP contribution in [0.5, 0.6) is 17.2 Å². The third-order valence-corrected chi connectivity index (χ3v) is 8.33. The first kappa shape index (κ1) is 32.0. The average molecular weight is 626 g/mol. The Bertz CT molecular complexity index is 1700. The summed E-state index contributed by atoms with van der Waals surface area (Å²) in [6, 6.07) is 19.1. The lowest BCUT2D eigenvalue weighted by molar-refractivity contribution is 0.111. The molecule has 4 aromatic rings. The van der Waals surface area contributed by atoms with E-state index in [0.717, 1.165) is 66.0 Å². The van der Waals surface area contributed by atoms with Crippen LogP contribution in [-0.2, 0) is 13.2 Å². The fraction of sp³-hybridized carbons (Fsp3) is 0.306. The molecule has 0 amide bonds. The van der Waals surface area contributed by atoms with Crippen molar-refractivity contribution in [3.63, 3.8) is 0 Å². The molecule has 0 saturated carbocycles. The number of pyridine rings is 1. The van der Waals surface area contributed by atoms with E-state index in [-0.39, 0.29) is 19.3 Å². The van der Waals surface area contributed by atoms with Gasteiger partial charge in [-0.05, 0) is 72.7 Å². The number of nitrogens with zero attached hydrogens (tertiary/aromatic N) is 3. The molecule has 1 aliphatic heterocycles. The van der Waals surface area contributed by atoms with Gasteiger partial charge in [0.1, 0.15) is 36.5 Å². The van der Waals surface area contributed by atoms with Gasteiger partial charge < -0.3 is 24.2 Å². The summed E-state index contributed by atoms with van der Waals surface area (Å²) in [5, 5.41) is 19.2. The molecular weight excluding hydrogens is 590 g/mol. The topological polar surface area (TPSA) is 105 Å². The summed E-state index contributed by atoms with van der Waals surface area (Å²) >= 11 is 6.49. The van der Waals surface area contributed by atoms with Gasteiger partial charge in [0.2, 0.25) is 0 Å². The van der Waals surface area contributed by atoms with Gasteiger partial charge in [-0.1, -0.05) is 41.9 Å². The zero-order chi connectivity index (χ0) is 31.8. The number of hydrogen-bond donors (Lipinski definition) is 1. The number of halogens is 1. The van der Waals surface area contributed by atoms with Crippen LogP contribution >= 0.6 is 11.6 Å². The highest BCUT2D eigenvalue weighted by Crippen LogP contribution is 2.36. The van der Waals surface area contributed by atoms with Gasteiger partial charge >= 0.3 is 0 Å². The Balaban J connectivity index is 1.26. The lowest BCUT2D eigenvalue weighted by Crippen LogP contribution is -2.24. The summed E-state index contributed by atoms with van der Waals surface area (Å²) in [5.74, 6) is 1.57. The Morgan fingerprint density at radius 1 is 1.00 bits per heavy atom. The molecule has 2 heterocycles. The van der Waals surface area contributed by atoms with E-state index in [2.05, 4.69) is 41.9 Å². The molecule has 45 heavy (non-hydrogen) atoms. The predicted molar refractivity (Wildman–Crippen MR) is 173 cm³/mol. The van der Waals surface area contributed by atoms with E-state index < -0.39 is 0 Å². The van der Waals surface area contributed by atoms with Crippen LogP contribution in [0.25, 0.3) is 11.1 Å². The maximum atomic E-state index is 11.7. The maximum Gasteiger partial charge on any atom is 0.153 e. The first-order valence-electron chi connectivity index (χ1n) is 15.0. The molecule has 0 spiro atoms. The first-order valence-corrected chi connectivity index (χ1v) is 15.3. The van der Waals surface area contributed by atoms with Crippen molar-refractivity contribution in [1.82, 2.24) is 9.88 Å². The Hall–Kier alpha value is -4.42. The van der Waals surface area contributed by atoms with Crippen molar-refractivity contribution in [3.05, 3.63) is 105 Å². The second kappa shape index (κ2) is 15.0.